The molecule has 26 heavy (non-hydrogen) atoms. The molecule has 4 heterocycles. The number of ether oxygens (including phenoxy) is 1. The predicted molar refractivity (Wildman–Crippen MR) is 101 cm³/mol. The number of pyridine rings is 1. The van der Waals surface area contributed by atoms with E-state index in [4.69, 9.17) is 4.74 Å². The maximum Gasteiger partial charge on any atom is 0.224 e. The molecule has 4 rings (SSSR count). The van der Waals surface area contributed by atoms with Gasteiger partial charge < -0.3 is 15.0 Å². The molecule has 0 spiro atoms. The highest BCUT2D eigenvalue weighted by Gasteiger charge is 2.39. The van der Waals surface area contributed by atoms with Gasteiger partial charge in [0.2, 0.25) is 5.91 Å². The lowest BCUT2D eigenvalue weighted by molar-refractivity contribution is -0.122. The van der Waals surface area contributed by atoms with Crippen LogP contribution in [0, 0.1) is 0 Å². The summed E-state index contributed by atoms with van der Waals surface area (Å²) in [6.45, 7) is 4.59. The summed E-state index contributed by atoms with van der Waals surface area (Å²) >= 11 is 0. The Bertz CT molecular complexity index is 745. The van der Waals surface area contributed by atoms with E-state index in [9.17, 15) is 4.79 Å². The van der Waals surface area contributed by atoms with Crippen molar-refractivity contribution in [3.8, 4) is 0 Å². The van der Waals surface area contributed by atoms with E-state index in [1.165, 1.54) is 19.3 Å². The van der Waals surface area contributed by atoms with Gasteiger partial charge in [-0.1, -0.05) is 6.42 Å². The van der Waals surface area contributed by atoms with E-state index >= 15 is 0 Å². The number of likely N-dealkylation sites (tertiary alicyclic amines) is 1. The molecule has 6 nitrogen and oxygen atoms in total. The van der Waals surface area contributed by atoms with Gasteiger partial charge in [-0.25, -0.2) is 4.98 Å². The van der Waals surface area contributed by atoms with E-state index in [-0.39, 0.29) is 11.4 Å². The normalized spacial score (nSPS) is 20.9. The summed E-state index contributed by atoms with van der Waals surface area (Å²) in [5.41, 5.74) is 1.91. The number of hydrogen-bond acceptors (Lipinski definition) is 4. The number of piperidine rings is 1. The van der Waals surface area contributed by atoms with Crippen molar-refractivity contribution < 1.29 is 9.53 Å². The van der Waals surface area contributed by atoms with Gasteiger partial charge >= 0.3 is 0 Å². The van der Waals surface area contributed by atoms with Gasteiger partial charge in [-0.15, -0.1) is 0 Å². The second-order valence-corrected chi connectivity index (χ2v) is 7.55. The predicted octanol–water partition coefficient (Wildman–Crippen LogP) is 2.26. The zero-order valence-corrected chi connectivity index (χ0v) is 15.3. The maximum absolute atomic E-state index is 12.6. The second kappa shape index (κ2) is 7.76. The third-order valence-corrected chi connectivity index (χ3v) is 5.95. The average molecular weight is 356 g/mol. The van der Waals surface area contributed by atoms with Crippen molar-refractivity contribution in [2.75, 3.05) is 32.8 Å². The number of nitrogens with zero attached hydrogens (tertiary/aromatic N) is 2. The van der Waals surface area contributed by atoms with E-state index in [2.05, 4.69) is 20.2 Å². The molecule has 0 aromatic carbocycles. The van der Waals surface area contributed by atoms with E-state index in [0.29, 0.717) is 6.42 Å². The number of hydrogen-bond donors (Lipinski definition) is 2. The summed E-state index contributed by atoms with van der Waals surface area (Å²) in [4.78, 5) is 22.7. The van der Waals surface area contributed by atoms with Gasteiger partial charge in [0.25, 0.3) is 0 Å². The molecule has 0 unspecified atom stereocenters. The minimum atomic E-state index is 0.0656. The number of aromatic nitrogens is 2. The Hall–Kier alpha value is -1.92. The van der Waals surface area contributed by atoms with Gasteiger partial charge in [-0.2, -0.15) is 0 Å². The van der Waals surface area contributed by atoms with Crippen LogP contribution in [0.15, 0.2) is 24.5 Å². The zero-order valence-electron chi connectivity index (χ0n) is 15.3. The van der Waals surface area contributed by atoms with Crippen LogP contribution >= 0.6 is 0 Å². The van der Waals surface area contributed by atoms with Crippen LogP contribution in [-0.2, 0) is 16.0 Å². The molecule has 0 saturated carbocycles. The van der Waals surface area contributed by atoms with Crippen molar-refractivity contribution in [3.63, 3.8) is 0 Å². The molecule has 140 valence electrons. The number of nitrogens with one attached hydrogen (secondary N) is 2. The van der Waals surface area contributed by atoms with Gasteiger partial charge in [0.1, 0.15) is 5.65 Å². The Morgan fingerprint density at radius 2 is 2.08 bits per heavy atom. The van der Waals surface area contributed by atoms with Crippen LogP contribution in [0.25, 0.3) is 11.0 Å². The number of carbonyl (C=O) groups excluding carboxylic acids is 1. The summed E-state index contributed by atoms with van der Waals surface area (Å²) in [7, 11) is 0. The molecule has 0 atom stereocenters. The van der Waals surface area contributed by atoms with Crippen LogP contribution in [0.5, 0.6) is 0 Å². The fourth-order valence-electron chi connectivity index (χ4n) is 4.38. The molecule has 1 amide bonds. The van der Waals surface area contributed by atoms with Crippen molar-refractivity contribution in [1.29, 1.82) is 0 Å². The van der Waals surface area contributed by atoms with Crippen LogP contribution in [0.3, 0.4) is 0 Å². The average Bonchev–Trinajstić information content (AvgIpc) is 3.11. The zero-order chi connectivity index (χ0) is 17.8. The summed E-state index contributed by atoms with van der Waals surface area (Å²) < 4.78 is 5.61. The Morgan fingerprint density at radius 1 is 1.27 bits per heavy atom. The number of H-pyrrole nitrogens is 1. The number of carbonyl (C=O) groups is 1. The number of aromatic amines is 1. The van der Waals surface area contributed by atoms with Crippen LogP contribution in [0.2, 0.25) is 0 Å². The molecule has 0 bridgehead atoms. The Kier molecular flexibility index (Phi) is 5.22. The van der Waals surface area contributed by atoms with Crippen molar-refractivity contribution in [3.05, 3.63) is 30.1 Å². The Labute approximate surface area is 154 Å². The second-order valence-electron chi connectivity index (χ2n) is 7.55. The van der Waals surface area contributed by atoms with Crippen LogP contribution < -0.4 is 5.32 Å². The number of rotatable bonds is 5. The lowest BCUT2D eigenvalue weighted by Gasteiger charge is -2.48. The monoisotopic (exact) mass is 356 g/mol. The standard InChI is InChI=1S/C20H28N4O2/c25-18(13-16-14-22-19-17(16)5-4-8-21-19)23-15-20(6-11-26-12-7-20)24-9-2-1-3-10-24/h4-5,8,14H,1-3,6-7,9-13,15H2,(H,21,22)(H,23,25). The van der Waals surface area contributed by atoms with E-state index in [0.717, 1.165) is 62.3 Å². The van der Waals surface area contributed by atoms with Crippen LogP contribution in [-0.4, -0.2) is 59.2 Å². The molecule has 6 heteroatoms. The molecule has 2 aromatic rings. The summed E-state index contributed by atoms with van der Waals surface area (Å²) in [5.74, 6) is 0.0811. The topological polar surface area (TPSA) is 70.2 Å². The molecule has 2 aromatic heterocycles. The molecule has 2 aliphatic rings. The summed E-state index contributed by atoms with van der Waals surface area (Å²) in [6.07, 6.45) is 9.90. The molecular formula is C20H28N4O2. The summed E-state index contributed by atoms with van der Waals surface area (Å²) in [6, 6.07) is 3.92. The third kappa shape index (κ3) is 3.62. The molecule has 0 aliphatic carbocycles. The van der Waals surface area contributed by atoms with Crippen molar-refractivity contribution in [2.45, 2.75) is 44.1 Å². The Balaban J connectivity index is 1.41. The third-order valence-electron chi connectivity index (χ3n) is 5.95. The largest absolute Gasteiger partial charge is 0.381 e. The Morgan fingerprint density at radius 3 is 2.88 bits per heavy atom. The molecular weight excluding hydrogens is 328 g/mol. The number of amides is 1. The highest BCUT2D eigenvalue weighted by atomic mass is 16.5. The van der Waals surface area contributed by atoms with E-state index < -0.39 is 0 Å². The fraction of sp³-hybridized carbons (Fsp3) is 0.600. The highest BCUT2D eigenvalue weighted by molar-refractivity contribution is 5.87. The molecule has 2 aliphatic heterocycles. The van der Waals surface area contributed by atoms with Gasteiger partial charge in [-0.05, 0) is 56.5 Å². The van der Waals surface area contributed by atoms with Crippen molar-refractivity contribution >= 4 is 16.9 Å². The number of fused-ring (bicyclic) bond motifs is 1. The molecule has 2 fully saturated rings. The maximum atomic E-state index is 12.6. The molecule has 2 saturated heterocycles. The quantitative estimate of drug-likeness (QED) is 0.862. The van der Waals surface area contributed by atoms with Gasteiger partial charge in [-0.3, -0.25) is 9.69 Å². The first kappa shape index (κ1) is 17.5. The molecule has 2 N–H and O–H groups in total. The lowest BCUT2D eigenvalue weighted by Crippen LogP contribution is -2.59. The minimum Gasteiger partial charge on any atom is -0.381 e. The SMILES string of the molecule is O=C(Cc1c[nH]c2ncccc12)NCC1(N2CCCCC2)CCOCC1. The van der Waals surface area contributed by atoms with Gasteiger partial charge in [0.15, 0.2) is 0 Å². The van der Waals surface area contributed by atoms with E-state index in [1.54, 1.807) is 6.20 Å². The lowest BCUT2D eigenvalue weighted by atomic mass is 9.86. The fourth-order valence-corrected chi connectivity index (χ4v) is 4.38. The van der Waals surface area contributed by atoms with Crippen molar-refractivity contribution in [2.24, 2.45) is 0 Å². The van der Waals surface area contributed by atoms with E-state index in [1.807, 2.05) is 18.3 Å². The first-order valence-electron chi connectivity index (χ1n) is 9.77. The highest BCUT2D eigenvalue weighted by Crippen LogP contribution is 2.30. The minimum absolute atomic E-state index is 0.0656. The van der Waals surface area contributed by atoms with Gasteiger partial charge in [0.05, 0.1) is 6.42 Å². The first-order chi connectivity index (χ1) is 12.8. The van der Waals surface area contributed by atoms with Gasteiger partial charge in [0, 0.05) is 43.1 Å². The first-order valence-corrected chi connectivity index (χ1v) is 9.77. The van der Waals surface area contributed by atoms with Crippen molar-refractivity contribution in [1.82, 2.24) is 20.2 Å². The molecule has 0 radical (unpaired) electrons. The van der Waals surface area contributed by atoms with Crippen LogP contribution in [0.4, 0.5) is 0 Å². The van der Waals surface area contributed by atoms with Crippen LogP contribution in [0.1, 0.15) is 37.7 Å². The summed E-state index contributed by atoms with van der Waals surface area (Å²) in [5, 5.41) is 4.25. The smallest absolute Gasteiger partial charge is 0.224 e.